The lowest BCUT2D eigenvalue weighted by Gasteiger charge is -2.27. The van der Waals surface area contributed by atoms with Crippen LogP contribution in [0.2, 0.25) is 0 Å². The number of hydrogen-bond donors (Lipinski definition) is 1. The maximum absolute atomic E-state index is 14.2. The van der Waals surface area contributed by atoms with Crippen molar-refractivity contribution in [1.82, 2.24) is 44.4 Å². The molecule has 1 aliphatic carbocycles. The Bertz CT molecular complexity index is 1970. The van der Waals surface area contributed by atoms with Gasteiger partial charge < -0.3 is 10.2 Å². The van der Waals surface area contributed by atoms with Gasteiger partial charge in [-0.15, -0.1) is 0 Å². The van der Waals surface area contributed by atoms with Crippen LogP contribution in [0.4, 0.5) is 5.82 Å². The van der Waals surface area contributed by atoms with E-state index in [2.05, 4.69) is 51.4 Å². The highest BCUT2D eigenvalue weighted by Crippen LogP contribution is 2.60. The van der Waals surface area contributed by atoms with Crippen molar-refractivity contribution in [3.63, 3.8) is 0 Å². The van der Waals surface area contributed by atoms with E-state index in [9.17, 15) is 14.4 Å². The third kappa shape index (κ3) is 5.28. The molecule has 7 rings (SSSR count). The molecule has 13 nitrogen and oxygen atoms in total. The molecule has 1 aliphatic heterocycles. The summed E-state index contributed by atoms with van der Waals surface area (Å²) >= 11 is 3.37. The monoisotopic (exact) mass is 668 g/mol. The summed E-state index contributed by atoms with van der Waals surface area (Å²) in [5.41, 5.74) is 3.06. The van der Waals surface area contributed by atoms with Gasteiger partial charge in [0.1, 0.15) is 47.2 Å². The SMILES string of the molecule is CC(=O)c1nn(CC(=O)N2[C@H](C(=O)Nc3nc(Br)ccc3C)C[C@@]3(Cn4cncn4)C[C@@H]23)c2ccc(-c3cnc(C)nc3)cc12. The van der Waals surface area contributed by atoms with E-state index in [0.29, 0.717) is 40.1 Å². The number of benzene rings is 1. The molecule has 0 spiro atoms. The second-order valence-electron chi connectivity index (χ2n) is 11.8. The van der Waals surface area contributed by atoms with E-state index >= 15 is 0 Å². The molecular weight excluding hydrogens is 640 g/mol. The van der Waals surface area contributed by atoms with Gasteiger partial charge in [0.25, 0.3) is 0 Å². The minimum Gasteiger partial charge on any atom is -0.325 e. The molecular formula is C31H29BrN10O3. The first-order valence-corrected chi connectivity index (χ1v) is 15.3. The van der Waals surface area contributed by atoms with Crippen LogP contribution in [0, 0.1) is 19.3 Å². The van der Waals surface area contributed by atoms with Gasteiger partial charge in [-0.25, -0.2) is 19.9 Å². The molecule has 1 saturated heterocycles. The number of ketones is 1. The molecule has 5 heterocycles. The predicted molar refractivity (Wildman–Crippen MR) is 167 cm³/mol. The minimum atomic E-state index is -0.720. The summed E-state index contributed by atoms with van der Waals surface area (Å²) in [6, 6.07) is 8.41. The lowest BCUT2D eigenvalue weighted by atomic mass is 9.99. The van der Waals surface area contributed by atoms with Gasteiger partial charge >= 0.3 is 0 Å². The van der Waals surface area contributed by atoms with Crippen LogP contribution in [0.15, 0.2) is 60.0 Å². The maximum atomic E-state index is 14.2. The number of nitrogens with one attached hydrogen (secondary N) is 1. The van der Waals surface area contributed by atoms with Crippen molar-refractivity contribution in [2.24, 2.45) is 5.41 Å². The average Bonchev–Trinajstić information content (AvgIpc) is 3.34. The number of fused-ring (bicyclic) bond motifs is 2. The summed E-state index contributed by atoms with van der Waals surface area (Å²) in [5.74, 6) is 0.322. The van der Waals surface area contributed by atoms with Gasteiger partial charge in [0.15, 0.2) is 5.78 Å². The van der Waals surface area contributed by atoms with Gasteiger partial charge in [-0.3, -0.25) is 23.7 Å². The van der Waals surface area contributed by atoms with E-state index in [1.165, 1.54) is 13.3 Å². The Kier molecular flexibility index (Phi) is 7.03. The number of carbonyl (C=O) groups excluding carboxylic acids is 3. The van der Waals surface area contributed by atoms with Crippen LogP contribution >= 0.6 is 15.9 Å². The van der Waals surface area contributed by atoms with Crippen molar-refractivity contribution in [2.75, 3.05) is 5.32 Å². The number of aryl methyl sites for hydroxylation is 2. The van der Waals surface area contributed by atoms with Gasteiger partial charge in [-0.2, -0.15) is 10.2 Å². The summed E-state index contributed by atoms with van der Waals surface area (Å²) in [6.45, 7) is 5.55. The molecule has 1 N–H and O–H groups in total. The summed E-state index contributed by atoms with van der Waals surface area (Å²) in [6.07, 6.45) is 7.81. The number of nitrogens with zero attached hydrogens (tertiary/aromatic N) is 9. The average molecular weight is 670 g/mol. The zero-order valence-corrected chi connectivity index (χ0v) is 26.4. The number of pyridine rings is 1. The van der Waals surface area contributed by atoms with Gasteiger partial charge in [0.05, 0.1) is 12.1 Å². The molecule has 5 aromatic rings. The lowest BCUT2D eigenvalue weighted by Crippen LogP contribution is -2.47. The highest BCUT2D eigenvalue weighted by molar-refractivity contribution is 9.10. The molecule has 0 bridgehead atoms. The molecule has 3 atom stereocenters. The first kappa shape index (κ1) is 28.9. The van der Waals surface area contributed by atoms with Gasteiger partial charge in [-0.05, 0) is 71.9 Å². The van der Waals surface area contributed by atoms with Crippen LogP contribution in [0.25, 0.3) is 22.0 Å². The smallest absolute Gasteiger partial charge is 0.248 e. The van der Waals surface area contributed by atoms with Crippen LogP contribution in [-0.2, 0) is 22.7 Å². The molecule has 2 fully saturated rings. The molecule has 2 amide bonds. The zero-order valence-electron chi connectivity index (χ0n) is 24.8. The molecule has 1 aromatic carbocycles. The second kappa shape index (κ2) is 10.9. The highest BCUT2D eigenvalue weighted by Gasteiger charge is 2.67. The van der Waals surface area contributed by atoms with Crippen molar-refractivity contribution >= 4 is 50.2 Å². The number of Topliss-reactive ketones (excluding diaryl/α,β-unsaturated/α-hetero) is 1. The molecule has 45 heavy (non-hydrogen) atoms. The van der Waals surface area contributed by atoms with Crippen LogP contribution in [0.5, 0.6) is 0 Å². The normalized spacial score (nSPS) is 20.3. The lowest BCUT2D eigenvalue weighted by molar-refractivity contribution is -0.138. The molecule has 0 unspecified atom stereocenters. The molecule has 0 radical (unpaired) electrons. The number of hydrogen-bond acceptors (Lipinski definition) is 9. The van der Waals surface area contributed by atoms with E-state index in [4.69, 9.17) is 0 Å². The number of carbonyl (C=O) groups is 3. The quantitative estimate of drug-likeness (QED) is 0.192. The summed E-state index contributed by atoms with van der Waals surface area (Å²) < 4.78 is 3.90. The topological polar surface area (TPSA) is 154 Å². The third-order valence-corrected chi connectivity index (χ3v) is 9.18. The van der Waals surface area contributed by atoms with Crippen molar-refractivity contribution in [1.29, 1.82) is 0 Å². The Labute approximate surface area is 266 Å². The van der Waals surface area contributed by atoms with E-state index < -0.39 is 6.04 Å². The van der Waals surface area contributed by atoms with Crippen molar-refractivity contribution in [2.45, 2.75) is 58.8 Å². The van der Waals surface area contributed by atoms with Gasteiger partial charge in [0.2, 0.25) is 11.8 Å². The third-order valence-electron chi connectivity index (χ3n) is 8.74. The summed E-state index contributed by atoms with van der Waals surface area (Å²) in [4.78, 5) is 59.3. The Morgan fingerprint density at radius 3 is 2.60 bits per heavy atom. The molecule has 1 saturated carbocycles. The van der Waals surface area contributed by atoms with Gasteiger partial charge in [-0.1, -0.05) is 12.1 Å². The number of rotatable bonds is 8. The maximum Gasteiger partial charge on any atom is 0.248 e. The Morgan fingerprint density at radius 1 is 1.07 bits per heavy atom. The fourth-order valence-electron chi connectivity index (χ4n) is 6.40. The van der Waals surface area contributed by atoms with Crippen LogP contribution in [0.3, 0.4) is 0 Å². The number of anilines is 1. The van der Waals surface area contributed by atoms with E-state index in [0.717, 1.165) is 23.1 Å². The second-order valence-corrected chi connectivity index (χ2v) is 12.6. The van der Waals surface area contributed by atoms with Crippen molar-refractivity contribution in [3.8, 4) is 11.1 Å². The molecule has 14 heteroatoms. The van der Waals surface area contributed by atoms with Gasteiger partial charge in [0, 0.05) is 41.7 Å². The van der Waals surface area contributed by atoms with Crippen molar-refractivity contribution < 1.29 is 14.4 Å². The Morgan fingerprint density at radius 2 is 1.87 bits per heavy atom. The summed E-state index contributed by atoms with van der Waals surface area (Å²) in [5, 5.41) is 12.4. The van der Waals surface area contributed by atoms with E-state index in [1.54, 1.807) is 39.1 Å². The first-order valence-electron chi connectivity index (χ1n) is 14.5. The summed E-state index contributed by atoms with van der Waals surface area (Å²) in [7, 11) is 0. The Hall–Kier alpha value is -4.85. The fraction of sp³-hybridized carbons (Fsp3) is 0.323. The van der Waals surface area contributed by atoms with E-state index in [-0.39, 0.29) is 41.3 Å². The van der Waals surface area contributed by atoms with Crippen LogP contribution < -0.4 is 5.32 Å². The van der Waals surface area contributed by atoms with Crippen LogP contribution in [0.1, 0.15) is 41.6 Å². The standard InChI is InChI=1S/C31H29BrN10O3/c1-17-4-7-26(32)37-29(17)38-30(45)24-9-31(14-40-16-33-15-36-40)10-25(31)42(24)27(44)13-41-23-6-5-20(21-11-34-19(3)35-12-21)8-22(23)28(39-41)18(2)43/h4-8,11-12,15-16,24-25H,9-10,13-14H2,1-3H3,(H,37,38,45)/t24-,25+,31-/m0/s1. The molecule has 4 aromatic heterocycles. The first-order chi connectivity index (χ1) is 21.6. The predicted octanol–water partition coefficient (Wildman–Crippen LogP) is 3.76. The highest BCUT2D eigenvalue weighted by atomic mass is 79.9. The number of amides is 2. The molecule has 228 valence electrons. The van der Waals surface area contributed by atoms with Crippen molar-refractivity contribution in [3.05, 3.63) is 77.1 Å². The number of likely N-dealkylation sites (tertiary alicyclic amines) is 1. The minimum absolute atomic E-state index is 0.134. The van der Waals surface area contributed by atoms with Crippen LogP contribution in [-0.4, -0.2) is 74.1 Å². The number of halogens is 1. The fourth-order valence-corrected chi connectivity index (χ4v) is 6.71. The molecule has 2 aliphatic rings. The Balaban J connectivity index is 1.20. The zero-order chi connectivity index (χ0) is 31.5. The van der Waals surface area contributed by atoms with E-state index in [1.807, 2.05) is 38.1 Å². The number of piperidine rings is 1. The number of aromatic nitrogens is 8. The largest absolute Gasteiger partial charge is 0.325 e.